The summed E-state index contributed by atoms with van der Waals surface area (Å²) in [4.78, 5) is 24.9. The van der Waals surface area contributed by atoms with Crippen LogP contribution in [0.1, 0.15) is 17.3 Å². The van der Waals surface area contributed by atoms with Crippen molar-refractivity contribution < 1.29 is 9.59 Å². The van der Waals surface area contributed by atoms with Gasteiger partial charge in [0.15, 0.2) is 0 Å². The van der Waals surface area contributed by atoms with Crippen molar-refractivity contribution in [2.24, 2.45) is 0 Å². The molecule has 6 nitrogen and oxygen atoms in total. The maximum Gasteiger partial charge on any atom is 0.251 e. The van der Waals surface area contributed by atoms with E-state index in [4.69, 9.17) is 5.73 Å². The number of hydrogen-bond donors (Lipinski definition) is 3. The normalized spacial score (nSPS) is 9.84. The molecule has 0 aliphatic carbocycles. The van der Waals surface area contributed by atoms with Gasteiger partial charge in [-0.15, -0.1) is 0 Å². The molecular weight excluding hydrogens is 244 g/mol. The Balaban J connectivity index is 3.08. The summed E-state index contributed by atoms with van der Waals surface area (Å²) >= 11 is 0. The van der Waals surface area contributed by atoms with Gasteiger partial charge >= 0.3 is 0 Å². The average Bonchev–Trinajstić information content (AvgIpc) is 2.44. The monoisotopic (exact) mass is 264 g/mol. The van der Waals surface area contributed by atoms with Crippen LogP contribution >= 0.6 is 0 Å². The summed E-state index contributed by atoms with van der Waals surface area (Å²) < 4.78 is 0. The molecule has 0 atom stereocenters. The van der Waals surface area contributed by atoms with Gasteiger partial charge in [0.1, 0.15) is 0 Å². The van der Waals surface area contributed by atoms with Gasteiger partial charge in [-0.1, -0.05) is 0 Å². The highest BCUT2D eigenvalue weighted by Gasteiger charge is 2.14. The summed E-state index contributed by atoms with van der Waals surface area (Å²) in [5, 5.41) is 5.13. The minimum atomic E-state index is -0.183. The Morgan fingerprint density at radius 2 is 1.95 bits per heavy atom. The standard InChI is InChI=1S/C13H20N4O2/c1-4-17(8-12(18)15-2)11-7-9(13(19)16-3)5-6-10(11)14/h5-7H,4,8,14H2,1-3H3,(H,15,18)(H,16,19). The first-order chi connectivity index (χ1) is 9.03. The van der Waals surface area contributed by atoms with E-state index >= 15 is 0 Å². The Kier molecular flexibility index (Phi) is 5.17. The van der Waals surface area contributed by atoms with Gasteiger partial charge in [0, 0.05) is 26.2 Å². The molecule has 4 N–H and O–H groups in total. The molecule has 0 saturated carbocycles. The highest BCUT2D eigenvalue weighted by molar-refractivity contribution is 5.96. The van der Waals surface area contributed by atoms with Crippen LogP contribution in [-0.4, -0.2) is 39.0 Å². The quantitative estimate of drug-likeness (QED) is 0.663. The lowest BCUT2D eigenvalue weighted by Crippen LogP contribution is -2.36. The Hall–Kier alpha value is -2.24. The predicted molar refractivity (Wildman–Crippen MR) is 76.2 cm³/mol. The Morgan fingerprint density at radius 3 is 2.47 bits per heavy atom. The third kappa shape index (κ3) is 3.61. The first-order valence-electron chi connectivity index (χ1n) is 6.10. The van der Waals surface area contributed by atoms with Crippen LogP contribution in [0.5, 0.6) is 0 Å². The number of carbonyl (C=O) groups excluding carboxylic acids is 2. The van der Waals surface area contributed by atoms with Gasteiger partial charge in [-0.2, -0.15) is 0 Å². The summed E-state index contributed by atoms with van der Waals surface area (Å²) in [5.41, 5.74) is 7.66. The van der Waals surface area contributed by atoms with Gasteiger partial charge in [0.05, 0.1) is 17.9 Å². The fraction of sp³-hybridized carbons (Fsp3) is 0.385. The van der Waals surface area contributed by atoms with Crippen LogP contribution in [0, 0.1) is 0 Å². The second kappa shape index (κ2) is 6.63. The van der Waals surface area contributed by atoms with Crippen LogP contribution in [0.15, 0.2) is 18.2 Å². The minimum Gasteiger partial charge on any atom is -0.397 e. The highest BCUT2D eigenvalue weighted by atomic mass is 16.2. The lowest BCUT2D eigenvalue weighted by molar-refractivity contribution is -0.119. The molecule has 0 saturated heterocycles. The van der Waals surface area contributed by atoms with Gasteiger partial charge in [-0.05, 0) is 25.1 Å². The van der Waals surface area contributed by atoms with Crippen molar-refractivity contribution in [2.45, 2.75) is 6.92 Å². The van der Waals surface area contributed by atoms with Crippen molar-refractivity contribution in [1.29, 1.82) is 0 Å². The van der Waals surface area contributed by atoms with Gasteiger partial charge in [0.25, 0.3) is 5.91 Å². The molecule has 1 rings (SSSR count). The van der Waals surface area contributed by atoms with Crippen LogP contribution in [0.3, 0.4) is 0 Å². The van der Waals surface area contributed by atoms with Crippen molar-refractivity contribution in [1.82, 2.24) is 10.6 Å². The summed E-state index contributed by atoms with van der Waals surface area (Å²) in [6.07, 6.45) is 0. The zero-order valence-electron chi connectivity index (χ0n) is 11.5. The molecule has 0 aliphatic rings. The summed E-state index contributed by atoms with van der Waals surface area (Å²) in [7, 11) is 3.15. The molecule has 0 bridgehead atoms. The first-order valence-corrected chi connectivity index (χ1v) is 6.10. The number of anilines is 2. The molecule has 6 heteroatoms. The molecule has 0 aliphatic heterocycles. The van der Waals surface area contributed by atoms with Crippen LogP contribution in [0.25, 0.3) is 0 Å². The van der Waals surface area contributed by atoms with Gasteiger partial charge in [-0.25, -0.2) is 0 Å². The van der Waals surface area contributed by atoms with Gasteiger partial charge < -0.3 is 21.3 Å². The van der Waals surface area contributed by atoms with Crippen molar-refractivity contribution in [3.05, 3.63) is 23.8 Å². The zero-order valence-corrected chi connectivity index (χ0v) is 11.5. The number of nitrogen functional groups attached to an aromatic ring is 1. The molecule has 0 unspecified atom stereocenters. The number of likely N-dealkylation sites (N-methyl/N-ethyl adjacent to an activating group) is 2. The molecule has 1 aromatic carbocycles. The topological polar surface area (TPSA) is 87.5 Å². The van der Waals surface area contributed by atoms with E-state index in [1.807, 2.05) is 11.8 Å². The summed E-state index contributed by atoms with van der Waals surface area (Å²) in [5.74, 6) is -0.288. The van der Waals surface area contributed by atoms with Crippen LogP contribution in [0.4, 0.5) is 11.4 Å². The Bertz CT molecular complexity index is 474. The molecule has 0 fully saturated rings. The van der Waals surface area contributed by atoms with E-state index in [-0.39, 0.29) is 18.4 Å². The number of amides is 2. The molecule has 0 heterocycles. The summed E-state index contributed by atoms with van der Waals surface area (Å²) in [6.45, 7) is 2.75. The lowest BCUT2D eigenvalue weighted by atomic mass is 10.1. The minimum absolute atomic E-state index is 0.105. The Labute approximate surface area is 113 Å². The largest absolute Gasteiger partial charge is 0.397 e. The van der Waals surface area contributed by atoms with Crippen molar-refractivity contribution in [2.75, 3.05) is 37.8 Å². The molecule has 0 aromatic heterocycles. The number of nitrogens with one attached hydrogen (secondary N) is 2. The average molecular weight is 264 g/mol. The number of nitrogens with zero attached hydrogens (tertiary/aromatic N) is 1. The van der Waals surface area contributed by atoms with Crippen molar-refractivity contribution in [3.8, 4) is 0 Å². The number of nitrogens with two attached hydrogens (primary N) is 1. The van der Waals surface area contributed by atoms with Crippen molar-refractivity contribution >= 4 is 23.2 Å². The first kappa shape index (κ1) is 14.8. The predicted octanol–water partition coefficient (Wildman–Crippen LogP) is 0.201. The second-order valence-electron chi connectivity index (χ2n) is 4.04. The van der Waals surface area contributed by atoms with E-state index in [1.54, 1.807) is 32.3 Å². The molecule has 19 heavy (non-hydrogen) atoms. The van der Waals surface area contributed by atoms with Crippen LogP contribution in [0.2, 0.25) is 0 Å². The molecule has 1 aromatic rings. The molecule has 0 spiro atoms. The number of hydrogen-bond acceptors (Lipinski definition) is 4. The number of carbonyl (C=O) groups is 2. The van der Waals surface area contributed by atoms with E-state index < -0.39 is 0 Å². The lowest BCUT2D eigenvalue weighted by Gasteiger charge is -2.24. The van der Waals surface area contributed by atoms with E-state index in [1.165, 1.54) is 0 Å². The maximum absolute atomic E-state index is 11.6. The molecule has 0 radical (unpaired) electrons. The third-order valence-electron chi connectivity index (χ3n) is 2.86. The number of rotatable bonds is 5. The van der Waals surface area contributed by atoms with Crippen molar-refractivity contribution in [3.63, 3.8) is 0 Å². The van der Waals surface area contributed by atoms with Gasteiger partial charge in [0.2, 0.25) is 5.91 Å². The fourth-order valence-corrected chi connectivity index (χ4v) is 1.72. The Morgan fingerprint density at radius 1 is 1.26 bits per heavy atom. The van der Waals surface area contributed by atoms with Crippen LogP contribution in [-0.2, 0) is 4.79 Å². The molecule has 104 valence electrons. The van der Waals surface area contributed by atoms with E-state index in [9.17, 15) is 9.59 Å². The SMILES string of the molecule is CCN(CC(=O)NC)c1cc(C(=O)NC)ccc1N. The zero-order chi connectivity index (χ0) is 14.4. The summed E-state index contributed by atoms with van der Waals surface area (Å²) in [6, 6.07) is 5.03. The second-order valence-corrected chi connectivity index (χ2v) is 4.04. The van der Waals surface area contributed by atoms with Gasteiger partial charge in [-0.3, -0.25) is 9.59 Å². The van der Waals surface area contributed by atoms with Crippen LogP contribution < -0.4 is 21.3 Å². The van der Waals surface area contributed by atoms with E-state index in [0.717, 1.165) is 0 Å². The molecular formula is C13H20N4O2. The number of benzene rings is 1. The smallest absolute Gasteiger partial charge is 0.251 e. The molecule has 2 amide bonds. The van der Waals surface area contributed by atoms with E-state index in [2.05, 4.69) is 10.6 Å². The maximum atomic E-state index is 11.6. The third-order valence-corrected chi connectivity index (χ3v) is 2.86. The van der Waals surface area contributed by atoms with E-state index in [0.29, 0.717) is 23.5 Å². The fourth-order valence-electron chi connectivity index (χ4n) is 1.72. The highest BCUT2D eigenvalue weighted by Crippen LogP contribution is 2.24.